The van der Waals surface area contributed by atoms with Crippen molar-refractivity contribution in [1.29, 1.82) is 0 Å². The van der Waals surface area contributed by atoms with Gasteiger partial charge in [-0.05, 0) is 44.5 Å². The average molecular weight is 442 g/mol. The van der Waals surface area contributed by atoms with Crippen molar-refractivity contribution in [2.45, 2.75) is 20.8 Å². The van der Waals surface area contributed by atoms with E-state index in [-0.39, 0.29) is 5.69 Å². The molecule has 5 rings (SSSR count). The largest absolute Gasteiger partial charge is 0.373 e. The molecule has 0 spiro atoms. The number of pyridine rings is 2. The first kappa shape index (κ1) is 20.9. The third kappa shape index (κ3) is 3.21. The minimum absolute atomic E-state index is 0.121. The molecule has 0 atom stereocenters. The van der Waals surface area contributed by atoms with Gasteiger partial charge in [0.2, 0.25) is 0 Å². The maximum atomic E-state index is 13.3. The fourth-order valence-corrected chi connectivity index (χ4v) is 4.44. The Morgan fingerprint density at radius 2 is 1.79 bits per heavy atom. The van der Waals surface area contributed by atoms with Crippen LogP contribution in [-0.2, 0) is 14.1 Å². The van der Waals surface area contributed by atoms with Crippen molar-refractivity contribution in [2.24, 2.45) is 14.1 Å². The van der Waals surface area contributed by atoms with Gasteiger partial charge in [-0.15, -0.1) is 0 Å². The van der Waals surface area contributed by atoms with E-state index in [0.717, 1.165) is 62.4 Å². The molecule has 0 saturated carbocycles. The SMILES string of the molecule is CCN(C)c1cc(-c2ccc3ncc4c(c3c2)n(-c2cn(C)nc2C)c(=O)n4C)cnc1C. The van der Waals surface area contributed by atoms with Gasteiger partial charge in [0.25, 0.3) is 0 Å². The van der Waals surface area contributed by atoms with Crippen LogP contribution in [0.5, 0.6) is 0 Å². The lowest BCUT2D eigenvalue weighted by atomic mass is 10.0. The number of benzene rings is 1. The summed E-state index contributed by atoms with van der Waals surface area (Å²) in [6.45, 7) is 6.96. The van der Waals surface area contributed by atoms with Gasteiger partial charge in [0, 0.05) is 51.0 Å². The quantitative estimate of drug-likeness (QED) is 0.425. The Hall–Kier alpha value is -3.94. The summed E-state index contributed by atoms with van der Waals surface area (Å²) in [6.07, 6.45) is 5.55. The van der Waals surface area contributed by atoms with Crippen LogP contribution < -0.4 is 10.6 Å². The summed E-state index contributed by atoms with van der Waals surface area (Å²) in [5.41, 5.74) is 8.04. The number of nitrogens with zero attached hydrogens (tertiary/aromatic N) is 7. The fraction of sp³-hybridized carbons (Fsp3) is 0.280. The van der Waals surface area contributed by atoms with Crippen molar-refractivity contribution in [1.82, 2.24) is 28.9 Å². The number of imidazole rings is 1. The van der Waals surface area contributed by atoms with Crippen molar-refractivity contribution in [3.63, 3.8) is 0 Å². The standard InChI is InChI=1S/C25H27N7O/c1-7-29(4)21-11-18(12-26-15(21)2)17-8-9-20-19(10-17)24-22(13-27-20)31(6)25(33)32(24)23-14-30(5)28-16(23)3/h8-14H,7H2,1-6H3. The van der Waals surface area contributed by atoms with E-state index in [2.05, 4.69) is 52.1 Å². The van der Waals surface area contributed by atoms with Crippen LogP contribution >= 0.6 is 0 Å². The summed E-state index contributed by atoms with van der Waals surface area (Å²) < 4.78 is 5.12. The molecule has 8 nitrogen and oxygen atoms in total. The first-order chi connectivity index (χ1) is 15.8. The molecule has 1 aromatic carbocycles. The lowest BCUT2D eigenvalue weighted by Gasteiger charge is -2.19. The van der Waals surface area contributed by atoms with Crippen LogP contribution in [0.15, 0.2) is 47.7 Å². The number of rotatable bonds is 4. The van der Waals surface area contributed by atoms with Crippen molar-refractivity contribution in [3.05, 3.63) is 64.7 Å². The van der Waals surface area contributed by atoms with Gasteiger partial charge in [0.05, 0.1) is 45.5 Å². The predicted molar refractivity (Wildman–Crippen MR) is 132 cm³/mol. The molecule has 5 aromatic rings. The van der Waals surface area contributed by atoms with Crippen LogP contribution in [0.4, 0.5) is 5.69 Å². The Bertz CT molecular complexity index is 1590. The monoisotopic (exact) mass is 441 g/mol. The zero-order valence-electron chi connectivity index (χ0n) is 19.8. The Kier molecular flexibility index (Phi) is 4.81. The summed E-state index contributed by atoms with van der Waals surface area (Å²) in [5.74, 6) is 0. The highest BCUT2D eigenvalue weighted by atomic mass is 16.1. The number of anilines is 1. The van der Waals surface area contributed by atoms with Crippen molar-refractivity contribution < 1.29 is 0 Å². The first-order valence-corrected chi connectivity index (χ1v) is 11.0. The van der Waals surface area contributed by atoms with E-state index in [9.17, 15) is 4.79 Å². The zero-order valence-corrected chi connectivity index (χ0v) is 19.8. The molecular weight excluding hydrogens is 414 g/mol. The van der Waals surface area contributed by atoms with Crippen LogP contribution in [0.25, 0.3) is 38.8 Å². The van der Waals surface area contributed by atoms with E-state index in [1.165, 1.54) is 0 Å². The summed E-state index contributed by atoms with van der Waals surface area (Å²) in [5, 5.41) is 5.37. The van der Waals surface area contributed by atoms with Gasteiger partial charge in [-0.3, -0.25) is 23.8 Å². The van der Waals surface area contributed by atoms with Gasteiger partial charge in [0.1, 0.15) is 0 Å². The Morgan fingerprint density at radius 1 is 1.00 bits per heavy atom. The Morgan fingerprint density at radius 3 is 2.48 bits per heavy atom. The second-order valence-corrected chi connectivity index (χ2v) is 8.52. The van der Waals surface area contributed by atoms with E-state index in [1.54, 1.807) is 27.1 Å². The van der Waals surface area contributed by atoms with E-state index in [1.807, 2.05) is 39.4 Å². The van der Waals surface area contributed by atoms with Crippen LogP contribution in [-0.4, -0.2) is 42.5 Å². The summed E-state index contributed by atoms with van der Waals surface area (Å²) in [4.78, 5) is 24.7. The Balaban J connectivity index is 1.82. The summed E-state index contributed by atoms with van der Waals surface area (Å²) in [6, 6.07) is 8.34. The van der Waals surface area contributed by atoms with Crippen LogP contribution in [0.3, 0.4) is 0 Å². The van der Waals surface area contributed by atoms with Gasteiger partial charge in [-0.2, -0.15) is 5.10 Å². The molecule has 8 heteroatoms. The lowest BCUT2D eigenvalue weighted by Crippen LogP contribution is -2.21. The second-order valence-electron chi connectivity index (χ2n) is 8.52. The molecular formula is C25H27N7O. The smallest absolute Gasteiger partial charge is 0.333 e. The molecule has 33 heavy (non-hydrogen) atoms. The zero-order chi connectivity index (χ0) is 23.4. The third-order valence-electron chi connectivity index (χ3n) is 6.39. The lowest BCUT2D eigenvalue weighted by molar-refractivity contribution is 0.756. The highest BCUT2D eigenvalue weighted by Crippen LogP contribution is 2.31. The molecule has 0 radical (unpaired) electrons. The topological polar surface area (TPSA) is 73.8 Å². The van der Waals surface area contributed by atoms with Gasteiger partial charge in [0.15, 0.2) is 0 Å². The third-order valence-corrected chi connectivity index (χ3v) is 6.39. The average Bonchev–Trinajstić information content (AvgIpc) is 3.27. The van der Waals surface area contributed by atoms with Gasteiger partial charge in [-0.1, -0.05) is 6.07 Å². The van der Waals surface area contributed by atoms with Crippen LogP contribution in [0, 0.1) is 13.8 Å². The molecule has 0 amide bonds. The number of hydrogen-bond acceptors (Lipinski definition) is 5. The van der Waals surface area contributed by atoms with Gasteiger partial charge < -0.3 is 4.90 Å². The predicted octanol–water partition coefficient (Wildman–Crippen LogP) is 3.75. The molecule has 0 aliphatic carbocycles. The highest BCUT2D eigenvalue weighted by molar-refractivity contribution is 6.04. The van der Waals surface area contributed by atoms with Crippen LogP contribution in [0.1, 0.15) is 18.3 Å². The van der Waals surface area contributed by atoms with Gasteiger partial charge in [-0.25, -0.2) is 4.79 Å². The van der Waals surface area contributed by atoms with Crippen molar-refractivity contribution >= 4 is 27.6 Å². The summed E-state index contributed by atoms with van der Waals surface area (Å²) >= 11 is 0. The molecule has 0 N–H and O–H groups in total. The molecule has 4 aromatic heterocycles. The molecule has 168 valence electrons. The minimum atomic E-state index is -0.121. The van der Waals surface area contributed by atoms with E-state index in [0.29, 0.717) is 0 Å². The number of fused-ring (bicyclic) bond motifs is 3. The number of hydrogen-bond donors (Lipinski definition) is 0. The molecule has 0 fully saturated rings. The number of aryl methyl sites for hydroxylation is 4. The van der Waals surface area contributed by atoms with Gasteiger partial charge >= 0.3 is 5.69 Å². The molecule has 0 bridgehead atoms. The minimum Gasteiger partial charge on any atom is -0.373 e. The van der Waals surface area contributed by atoms with Crippen LogP contribution in [0.2, 0.25) is 0 Å². The maximum absolute atomic E-state index is 13.3. The van der Waals surface area contributed by atoms with Crippen molar-refractivity contribution in [3.8, 4) is 16.8 Å². The molecule has 0 aliphatic rings. The molecule has 4 heterocycles. The van der Waals surface area contributed by atoms with Crippen molar-refractivity contribution in [2.75, 3.05) is 18.5 Å². The molecule has 0 aliphatic heterocycles. The van der Waals surface area contributed by atoms with E-state index in [4.69, 9.17) is 0 Å². The molecule has 0 unspecified atom stereocenters. The maximum Gasteiger partial charge on any atom is 0.333 e. The van der Waals surface area contributed by atoms with E-state index >= 15 is 0 Å². The first-order valence-electron chi connectivity index (χ1n) is 11.0. The van der Waals surface area contributed by atoms with E-state index < -0.39 is 0 Å². The second kappa shape index (κ2) is 7.58. The Labute approximate surface area is 191 Å². The number of aromatic nitrogens is 6. The highest BCUT2D eigenvalue weighted by Gasteiger charge is 2.19. The summed E-state index contributed by atoms with van der Waals surface area (Å²) in [7, 11) is 5.71. The molecule has 0 saturated heterocycles. The fourth-order valence-electron chi connectivity index (χ4n) is 4.44. The normalized spacial score (nSPS) is 11.6.